The molecule has 4 atom stereocenters. The number of para-hydroxylation sites is 1. The molecule has 2 bridgehead atoms. The number of aromatic nitrogens is 1. The number of carbonyl (C=O) groups is 1. The first-order valence-corrected chi connectivity index (χ1v) is 9.63. The molecule has 1 N–H and O–H groups in total. The molecule has 2 aliphatic carbocycles. The van der Waals surface area contributed by atoms with Gasteiger partial charge in [0.05, 0.1) is 6.61 Å². The van der Waals surface area contributed by atoms with Gasteiger partial charge in [0.15, 0.2) is 0 Å². The summed E-state index contributed by atoms with van der Waals surface area (Å²) in [5.74, 6) is 1.67. The van der Waals surface area contributed by atoms with Crippen LogP contribution in [0.5, 0.6) is 0 Å². The van der Waals surface area contributed by atoms with Crippen LogP contribution in [0.15, 0.2) is 30.5 Å². The van der Waals surface area contributed by atoms with E-state index >= 15 is 0 Å². The van der Waals surface area contributed by atoms with Crippen molar-refractivity contribution < 1.29 is 9.53 Å². The maximum absolute atomic E-state index is 12.7. The third-order valence-corrected chi connectivity index (χ3v) is 6.21. The number of H-pyrrole nitrogens is 1. The highest BCUT2D eigenvalue weighted by Crippen LogP contribution is 2.56. The smallest absolute Gasteiger partial charge is 0.410 e. The molecule has 0 radical (unpaired) electrons. The molecule has 1 aromatic carbocycles. The van der Waals surface area contributed by atoms with Crippen LogP contribution in [0.1, 0.15) is 51.5 Å². The molecule has 1 heterocycles. The van der Waals surface area contributed by atoms with Gasteiger partial charge >= 0.3 is 6.09 Å². The Kier molecular flexibility index (Phi) is 4.22. The number of nitrogens with one attached hydrogen (secondary N) is 1. The molecule has 4 heteroatoms. The topological polar surface area (TPSA) is 45.3 Å². The predicted molar refractivity (Wildman–Crippen MR) is 99.7 cm³/mol. The van der Waals surface area contributed by atoms with E-state index in [0.29, 0.717) is 24.4 Å². The van der Waals surface area contributed by atoms with E-state index in [9.17, 15) is 4.79 Å². The van der Waals surface area contributed by atoms with Crippen molar-refractivity contribution in [3.05, 3.63) is 36.0 Å². The zero-order valence-corrected chi connectivity index (χ0v) is 15.4. The third kappa shape index (κ3) is 2.62. The second-order valence-electron chi connectivity index (χ2n) is 7.84. The van der Waals surface area contributed by atoms with Crippen LogP contribution in [0.2, 0.25) is 0 Å². The standard InChI is InChI=1S/C21H28N2O2/c1-4-25-21(24)23(13(2)3)20-15-10-9-14(11-15)19(20)17-12-22-18-8-6-5-7-16(17)18/h5-8,12-15,19-20,22H,4,9-11H2,1-3H3/t14-,15+,19+,20-/m0/s1. The van der Waals surface area contributed by atoms with E-state index in [2.05, 4.69) is 49.3 Å². The Morgan fingerprint density at radius 3 is 2.80 bits per heavy atom. The van der Waals surface area contributed by atoms with Crippen molar-refractivity contribution in [3.8, 4) is 0 Å². The second kappa shape index (κ2) is 6.40. The van der Waals surface area contributed by atoms with E-state index in [0.717, 1.165) is 0 Å². The van der Waals surface area contributed by atoms with E-state index in [1.54, 1.807) is 0 Å². The molecule has 2 saturated carbocycles. The zero-order chi connectivity index (χ0) is 17.6. The molecule has 1 aromatic heterocycles. The van der Waals surface area contributed by atoms with E-state index in [1.807, 2.05) is 11.8 Å². The average molecular weight is 340 g/mol. The van der Waals surface area contributed by atoms with Crippen molar-refractivity contribution in [2.24, 2.45) is 11.8 Å². The SMILES string of the molecule is CCOC(=O)N(C(C)C)[C@H]1[C@@H]2CC[C@@H](C2)[C@@H]1c1c[nH]c2ccccc12. The molecule has 0 saturated heterocycles. The van der Waals surface area contributed by atoms with Crippen LogP contribution in [0.25, 0.3) is 10.9 Å². The molecular formula is C21H28N2O2. The van der Waals surface area contributed by atoms with Crippen LogP contribution in [0.4, 0.5) is 4.79 Å². The van der Waals surface area contributed by atoms with Gasteiger partial charge in [-0.25, -0.2) is 4.79 Å². The summed E-state index contributed by atoms with van der Waals surface area (Å²) >= 11 is 0. The van der Waals surface area contributed by atoms with Crippen LogP contribution < -0.4 is 0 Å². The summed E-state index contributed by atoms with van der Waals surface area (Å²) in [6.07, 6.45) is 5.76. The van der Waals surface area contributed by atoms with Gasteiger partial charge in [-0.3, -0.25) is 0 Å². The Labute approximate surface area is 149 Å². The molecule has 2 fully saturated rings. The van der Waals surface area contributed by atoms with Crippen LogP contribution in [-0.2, 0) is 4.74 Å². The number of carbonyl (C=O) groups excluding carboxylic acids is 1. The second-order valence-corrected chi connectivity index (χ2v) is 7.84. The first-order chi connectivity index (χ1) is 12.1. The fourth-order valence-electron chi connectivity index (χ4n) is 5.34. The third-order valence-electron chi connectivity index (χ3n) is 6.21. The molecule has 0 aliphatic heterocycles. The Balaban J connectivity index is 1.76. The minimum Gasteiger partial charge on any atom is -0.450 e. The molecule has 2 aromatic rings. The number of aromatic amines is 1. The number of hydrogen-bond acceptors (Lipinski definition) is 2. The number of benzene rings is 1. The summed E-state index contributed by atoms with van der Waals surface area (Å²) in [7, 11) is 0. The molecule has 134 valence electrons. The molecule has 4 nitrogen and oxygen atoms in total. The summed E-state index contributed by atoms with van der Waals surface area (Å²) in [6, 6.07) is 8.90. The maximum Gasteiger partial charge on any atom is 0.410 e. The fraction of sp³-hybridized carbons (Fsp3) is 0.571. The number of ether oxygens (including phenoxy) is 1. The van der Waals surface area contributed by atoms with Gasteiger partial charge in [-0.2, -0.15) is 0 Å². The highest BCUT2D eigenvalue weighted by molar-refractivity contribution is 5.84. The maximum atomic E-state index is 12.7. The minimum absolute atomic E-state index is 0.149. The van der Waals surface area contributed by atoms with Crippen molar-refractivity contribution in [1.82, 2.24) is 9.88 Å². The lowest BCUT2D eigenvalue weighted by atomic mass is 9.78. The molecule has 2 aliphatic rings. The van der Waals surface area contributed by atoms with Gasteiger partial charge in [0.25, 0.3) is 0 Å². The average Bonchev–Trinajstić information content (AvgIpc) is 3.29. The van der Waals surface area contributed by atoms with Gasteiger partial charge in [-0.05, 0) is 63.5 Å². The predicted octanol–water partition coefficient (Wildman–Crippen LogP) is 4.92. The van der Waals surface area contributed by atoms with E-state index < -0.39 is 0 Å². The lowest BCUT2D eigenvalue weighted by molar-refractivity contribution is 0.0545. The van der Waals surface area contributed by atoms with Gasteiger partial charge in [0, 0.05) is 35.1 Å². The molecule has 4 rings (SSSR count). The first kappa shape index (κ1) is 16.5. The number of nitrogens with zero attached hydrogens (tertiary/aromatic N) is 1. The lowest BCUT2D eigenvalue weighted by Crippen LogP contribution is -2.50. The minimum atomic E-state index is -0.153. The van der Waals surface area contributed by atoms with E-state index in [4.69, 9.17) is 4.74 Å². The fourth-order valence-corrected chi connectivity index (χ4v) is 5.34. The van der Waals surface area contributed by atoms with Crippen molar-refractivity contribution in [1.29, 1.82) is 0 Å². The monoisotopic (exact) mass is 340 g/mol. The van der Waals surface area contributed by atoms with Gasteiger partial charge in [0.2, 0.25) is 0 Å². The number of rotatable bonds is 4. The number of fused-ring (bicyclic) bond motifs is 3. The summed E-state index contributed by atoms with van der Waals surface area (Å²) in [5, 5.41) is 1.30. The van der Waals surface area contributed by atoms with Crippen LogP contribution in [0.3, 0.4) is 0 Å². The van der Waals surface area contributed by atoms with Crippen molar-refractivity contribution in [2.45, 2.75) is 58.0 Å². The summed E-state index contributed by atoms with van der Waals surface area (Å²) in [4.78, 5) is 18.2. The lowest BCUT2D eigenvalue weighted by Gasteiger charge is -2.41. The summed E-state index contributed by atoms with van der Waals surface area (Å²) in [5.41, 5.74) is 2.56. The summed E-state index contributed by atoms with van der Waals surface area (Å²) in [6.45, 7) is 6.53. The first-order valence-electron chi connectivity index (χ1n) is 9.63. The van der Waals surface area contributed by atoms with Gasteiger partial charge in [-0.1, -0.05) is 18.2 Å². The largest absolute Gasteiger partial charge is 0.450 e. The normalized spacial score (nSPS) is 28.0. The van der Waals surface area contributed by atoms with Crippen molar-refractivity contribution >= 4 is 17.0 Å². The van der Waals surface area contributed by atoms with Crippen LogP contribution >= 0.6 is 0 Å². The van der Waals surface area contributed by atoms with Crippen molar-refractivity contribution in [2.75, 3.05) is 6.61 Å². The molecular weight excluding hydrogens is 312 g/mol. The zero-order valence-electron chi connectivity index (χ0n) is 15.4. The van der Waals surface area contributed by atoms with E-state index in [1.165, 1.54) is 35.7 Å². The summed E-state index contributed by atoms with van der Waals surface area (Å²) < 4.78 is 5.42. The molecule has 1 amide bonds. The van der Waals surface area contributed by atoms with Crippen LogP contribution in [-0.4, -0.2) is 34.7 Å². The Morgan fingerprint density at radius 1 is 1.28 bits per heavy atom. The van der Waals surface area contributed by atoms with Crippen LogP contribution in [0, 0.1) is 11.8 Å². The molecule has 25 heavy (non-hydrogen) atoms. The van der Waals surface area contributed by atoms with Gasteiger partial charge in [0.1, 0.15) is 0 Å². The van der Waals surface area contributed by atoms with E-state index in [-0.39, 0.29) is 18.2 Å². The highest BCUT2D eigenvalue weighted by atomic mass is 16.6. The highest BCUT2D eigenvalue weighted by Gasteiger charge is 2.52. The van der Waals surface area contributed by atoms with Crippen molar-refractivity contribution in [3.63, 3.8) is 0 Å². The molecule has 0 spiro atoms. The quantitative estimate of drug-likeness (QED) is 0.859. The Hall–Kier alpha value is -1.97. The molecule has 0 unspecified atom stereocenters. The number of hydrogen-bond donors (Lipinski definition) is 1. The Bertz CT molecular complexity index is 766. The number of amides is 1. The van der Waals surface area contributed by atoms with Gasteiger partial charge in [-0.15, -0.1) is 0 Å². The van der Waals surface area contributed by atoms with Gasteiger partial charge < -0.3 is 14.6 Å². The Morgan fingerprint density at radius 2 is 2.04 bits per heavy atom.